The molecule has 0 aromatic carbocycles. The smallest absolute Gasteiger partial charge is 0.232 e. The molecule has 4 rings (SSSR count). The fraction of sp³-hybridized carbons (Fsp3) is 0.722. The number of thiocarbonyl (C=S) groups is 1. The lowest BCUT2D eigenvalue weighted by molar-refractivity contribution is 0.122. The molecule has 0 bridgehead atoms. The Morgan fingerprint density at radius 2 is 1.88 bits per heavy atom. The second kappa shape index (κ2) is 7.92. The number of nitrogens with one attached hydrogen (secondary N) is 2. The highest BCUT2D eigenvalue weighted by molar-refractivity contribution is 7.80. The molecule has 0 unspecified atom stereocenters. The Labute approximate surface area is 160 Å². The highest BCUT2D eigenvalue weighted by Gasteiger charge is 2.24. The summed E-state index contributed by atoms with van der Waals surface area (Å²) in [5.41, 5.74) is 0. The Balaban J connectivity index is 1.58. The van der Waals surface area contributed by atoms with E-state index in [1.54, 1.807) is 0 Å². The number of piperidine rings is 1. The van der Waals surface area contributed by atoms with E-state index < -0.39 is 0 Å². The molecular formula is C18H28N6OS. The molecule has 0 amide bonds. The van der Waals surface area contributed by atoms with E-state index >= 15 is 0 Å². The Morgan fingerprint density at radius 1 is 1.12 bits per heavy atom. The minimum absolute atomic E-state index is 0.501. The van der Waals surface area contributed by atoms with Crippen LogP contribution in [-0.2, 0) is 4.74 Å². The van der Waals surface area contributed by atoms with Crippen molar-refractivity contribution in [2.75, 3.05) is 48.0 Å². The first-order chi connectivity index (χ1) is 12.7. The van der Waals surface area contributed by atoms with Crippen molar-refractivity contribution in [2.24, 2.45) is 0 Å². The van der Waals surface area contributed by atoms with Crippen molar-refractivity contribution in [1.29, 1.82) is 0 Å². The largest absolute Gasteiger partial charge is 0.378 e. The third-order valence-electron chi connectivity index (χ3n) is 5.27. The maximum atomic E-state index is 5.49. The summed E-state index contributed by atoms with van der Waals surface area (Å²) < 4.78 is 5.49. The number of hydrogen-bond acceptors (Lipinski definition) is 6. The minimum atomic E-state index is 0.501. The molecule has 0 radical (unpaired) electrons. The lowest BCUT2D eigenvalue weighted by Crippen LogP contribution is -2.40. The van der Waals surface area contributed by atoms with Crippen molar-refractivity contribution in [3.63, 3.8) is 0 Å². The molecule has 8 heteroatoms. The van der Waals surface area contributed by atoms with Crippen LogP contribution in [0.4, 0.5) is 17.6 Å². The minimum Gasteiger partial charge on any atom is -0.378 e. The molecule has 1 aliphatic carbocycles. The van der Waals surface area contributed by atoms with Gasteiger partial charge in [0.1, 0.15) is 11.6 Å². The van der Waals surface area contributed by atoms with E-state index in [0.717, 1.165) is 44.5 Å². The van der Waals surface area contributed by atoms with E-state index in [2.05, 4.69) is 33.4 Å². The van der Waals surface area contributed by atoms with Crippen LogP contribution in [0.1, 0.15) is 39.0 Å². The van der Waals surface area contributed by atoms with E-state index in [1.165, 1.54) is 32.1 Å². The summed E-state index contributed by atoms with van der Waals surface area (Å²) in [6, 6.07) is 3.13. The van der Waals surface area contributed by atoms with E-state index in [0.29, 0.717) is 23.1 Å². The molecule has 3 fully saturated rings. The molecule has 3 heterocycles. The first-order valence-electron chi connectivity index (χ1n) is 9.75. The second-order valence-corrected chi connectivity index (χ2v) is 7.83. The first-order valence-corrected chi connectivity index (χ1v) is 10.2. The van der Waals surface area contributed by atoms with Crippen LogP contribution < -0.4 is 20.4 Å². The van der Waals surface area contributed by atoms with Crippen molar-refractivity contribution in [1.82, 2.24) is 15.3 Å². The van der Waals surface area contributed by atoms with Gasteiger partial charge in [0.05, 0.1) is 13.2 Å². The quantitative estimate of drug-likeness (QED) is 0.775. The molecule has 142 valence electrons. The Morgan fingerprint density at radius 3 is 2.62 bits per heavy atom. The highest BCUT2D eigenvalue weighted by Crippen LogP contribution is 2.27. The summed E-state index contributed by atoms with van der Waals surface area (Å²) in [5, 5.41) is 7.12. The topological polar surface area (TPSA) is 65.6 Å². The third-order valence-corrected chi connectivity index (χ3v) is 5.49. The number of morpholine rings is 1. The SMILES string of the molecule is C[C@H]1CCCCN1c1cc(N2CCOCC2)nc(NC(=S)NC2CC2)n1. The predicted molar refractivity (Wildman–Crippen MR) is 108 cm³/mol. The second-order valence-electron chi connectivity index (χ2n) is 7.42. The van der Waals surface area contributed by atoms with Crippen molar-refractivity contribution in [2.45, 2.75) is 51.1 Å². The van der Waals surface area contributed by atoms with Crippen LogP contribution in [0, 0.1) is 0 Å². The van der Waals surface area contributed by atoms with Gasteiger partial charge in [-0.15, -0.1) is 0 Å². The predicted octanol–water partition coefficient (Wildman–Crippen LogP) is 2.14. The van der Waals surface area contributed by atoms with Gasteiger partial charge in [0.2, 0.25) is 5.95 Å². The van der Waals surface area contributed by atoms with E-state index in [-0.39, 0.29) is 0 Å². The first kappa shape index (κ1) is 17.7. The van der Waals surface area contributed by atoms with Gasteiger partial charge < -0.3 is 25.2 Å². The maximum Gasteiger partial charge on any atom is 0.232 e. The maximum absolute atomic E-state index is 5.49. The number of hydrogen-bond donors (Lipinski definition) is 2. The van der Waals surface area contributed by atoms with E-state index in [1.807, 2.05) is 0 Å². The molecule has 0 spiro atoms. The van der Waals surface area contributed by atoms with Crippen molar-refractivity contribution in [3.05, 3.63) is 6.07 Å². The Hall–Kier alpha value is -1.67. The van der Waals surface area contributed by atoms with E-state index in [4.69, 9.17) is 26.9 Å². The lowest BCUT2D eigenvalue weighted by Gasteiger charge is -2.35. The van der Waals surface area contributed by atoms with Gasteiger partial charge in [-0.1, -0.05) is 0 Å². The Kier molecular flexibility index (Phi) is 5.40. The number of nitrogens with zero attached hydrogens (tertiary/aromatic N) is 4. The van der Waals surface area contributed by atoms with Crippen LogP contribution in [0.3, 0.4) is 0 Å². The molecule has 1 aromatic rings. The number of rotatable bonds is 4. The van der Waals surface area contributed by atoms with Gasteiger partial charge in [-0.05, 0) is 51.2 Å². The Bertz CT molecular complexity index is 647. The van der Waals surface area contributed by atoms with Crippen molar-refractivity contribution < 1.29 is 4.74 Å². The summed E-state index contributed by atoms with van der Waals surface area (Å²) in [6.07, 6.45) is 6.09. The van der Waals surface area contributed by atoms with Gasteiger partial charge in [0, 0.05) is 37.8 Å². The summed E-state index contributed by atoms with van der Waals surface area (Å²) >= 11 is 5.43. The fourth-order valence-electron chi connectivity index (χ4n) is 3.57. The number of aromatic nitrogens is 2. The molecule has 1 aromatic heterocycles. The van der Waals surface area contributed by atoms with Crippen LogP contribution in [0.25, 0.3) is 0 Å². The molecule has 1 saturated carbocycles. The molecule has 2 aliphatic heterocycles. The van der Waals surface area contributed by atoms with Gasteiger partial charge >= 0.3 is 0 Å². The van der Waals surface area contributed by atoms with Crippen molar-refractivity contribution >= 4 is 34.9 Å². The monoisotopic (exact) mass is 376 g/mol. The molecule has 2 N–H and O–H groups in total. The highest BCUT2D eigenvalue weighted by atomic mass is 32.1. The molecule has 2 saturated heterocycles. The molecule has 26 heavy (non-hydrogen) atoms. The van der Waals surface area contributed by atoms with Gasteiger partial charge in [0.15, 0.2) is 5.11 Å². The van der Waals surface area contributed by atoms with Gasteiger partial charge in [-0.2, -0.15) is 9.97 Å². The summed E-state index contributed by atoms with van der Waals surface area (Å²) in [5.74, 6) is 2.53. The number of anilines is 3. The average molecular weight is 377 g/mol. The molecule has 1 atom stereocenters. The number of ether oxygens (including phenoxy) is 1. The van der Waals surface area contributed by atoms with Crippen LogP contribution in [-0.4, -0.2) is 60.0 Å². The molecule has 7 nitrogen and oxygen atoms in total. The van der Waals surface area contributed by atoms with Gasteiger partial charge in [-0.3, -0.25) is 0 Å². The summed E-state index contributed by atoms with van der Waals surface area (Å²) in [7, 11) is 0. The third kappa shape index (κ3) is 4.35. The fourth-order valence-corrected chi connectivity index (χ4v) is 3.83. The van der Waals surface area contributed by atoms with Crippen LogP contribution in [0.2, 0.25) is 0 Å². The van der Waals surface area contributed by atoms with E-state index in [9.17, 15) is 0 Å². The van der Waals surface area contributed by atoms with Crippen LogP contribution in [0.15, 0.2) is 6.07 Å². The van der Waals surface area contributed by atoms with Gasteiger partial charge in [-0.25, -0.2) is 0 Å². The molecule has 3 aliphatic rings. The summed E-state index contributed by atoms with van der Waals surface area (Å²) in [4.78, 5) is 14.2. The average Bonchev–Trinajstić information content (AvgIpc) is 3.46. The van der Waals surface area contributed by atoms with Crippen LogP contribution in [0.5, 0.6) is 0 Å². The normalized spacial score (nSPS) is 23.7. The van der Waals surface area contributed by atoms with Crippen molar-refractivity contribution in [3.8, 4) is 0 Å². The zero-order valence-electron chi connectivity index (χ0n) is 15.4. The standard InChI is InChI=1S/C18H28N6OS/c1-13-4-2-3-7-24(13)16-12-15(23-8-10-25-11-9-23)20-17(21-16)22-18(26)19-14-5-6-14/h12-14H,2-11H2,1H3,(H2,19,20,21,22,26)/t13-/m0/s1. The lowest BCUT2D eigenvalue weighted by atomic mass is 10.0. The van der Waals surface area contributed by atoms with Crippen LogP contribution >= 0.6 is 12.2 Å². The summed E-state index contributed by atoms with van der Waals surface area (Å²) in [6.45, 7) is 6.52. The zero-order valence-corrected chi connectivity index (χ0v) is 16.2. The zero-order chi connectivity index (χ0) is 17.9. The van der Waals surface area contributed by atoms with Gasteiger partial charge in [0.25, 0.3) is 0 Å². The molecular weight excluding hydrogens is 348 g/mol.